The lowest BCUT2D eigenvalue weighted by atomic mass is 10.1. The maximum absolute atomic E-state index is 13.3. The Morgan fingerprint density at radius 3 is 2.59 bits per heavy atom. The predicted octanol–water partition coefficient (Wildman–Crippen LogP) is -0.691. The minimum Gasteiger partial charge on any atom is -0.383 e. The number of amides is 3. The third kappa shape index (κ3) is 5.46. The summed E-state index contributed by atoms with van der Waals surface area (Å²) < 4.78 is 10.2. The number of rotatable bonds is 8. The van der Waals surface area contributed by atoms with Crippen LogP contribution in [0.25, 0.3) is 0 Å². The van der Waals surface area contributed by atoms with Crippen LogP contribution in [0.3, 0.4) is 0 Å². The molecule has 0 bridgehead atoms. The fraction of sp³-hybridized carbons (Fsp3) is 0.850. The molecule has 29 heavy (non-hydrogen) atoms. The molecular weight excluding hydrogens is 376 g/mol. The van der Waals surface area contributed by atoms with E-state index < -0.39 is 6.04 Å². The Morgan fingerprint density at radius 2 is 1.90 bits per heavy atom. The molecule has 3 rings (SSSR count). The van der Waals surface area contributed by atoms with Crippen LogP contribution < -0.4 is 5.32 Å². The quantitative estimate of drug-likeness (QED) is 0.570. The lowest BCUT2D eigenvalue weighted by molar-refractivity contribution is -0.145. The van der Waals surface area contributed by atoms with Gasteiger partial charge in [-0.15, -0.1) is 0 Å². The summed E-state index contributed by atoms with van der Waals surface area (Å²) in [7, 11) is 3.09. The Kier molecular flexibility index (Phi) is 7.85. The van der Waals surface area contributed by atoms with Gasteiger partial charge in [-0.05, 0) is 32.2 Å². The molecule has 3 fully saturated rings. The zero-order chi connectivity index (χ0) is 20.8. The molecule has 2 aliphatic heterocycles. The molecule has 9 nitrogen and oxygen atoms in total. The van der Waals surface area contributed by atoms with Gasteiger partial charge in [0.25, 0.3) is 0 Å². The molecule has 2 atom stereocenters. The fourth-order valence-corrected chi connectivity index (χ4v) is 4.26. The summed E-state index contributed by atoms with van der Waals surface area (Å²) in [4.78, 5) is 44.2. The zero-order valence-corrected chi connectivity index (χ0v) is 17.6. The summed E-state index contributed by atoms with van der Waals surface area (Å²) in [5, 5.41) is 3.30. The number of carbonyl (C=O) groups is 3. The van der Waals surface area contributed by atoms with E-state index in [1.165, 1.54) is 7.11 Å². The lowest BCUT2D eigenvalue weighted by Crippen LogP contribution is -2.49. The van der Waals surface area contributed by atoms with Crippen molar-refractivity contribution in [2.45, 2.75) is 37.8 Å². The van der Waals surface area contributed by atoms with Gasteiger partial charge in [0.15, 0.2) is 0 Å². The van der Waals surface area contributed by atoms with E-state index in [0.29, 0.717) is 39.2 Å². The molecule has 3 aliphatic rings. The second-order valence-electron chi connectivity index (χ2n) is 8.11. The highest BCUT2D eigenvalue weighted by atomic mass is 16.5. The van der Waals surface area contributed by atoms with Gasteiger partial charge < -0.3 is 29.5 Å². The average Bonchev–Trinajstić information content (AvgIpc) is 3.51. The minimum atomic E-state index is -0.544. The summed E-state index contributed by atoms with van der Waals surface area (Å²) in [5.74, 6) is -0.0160. The van der Waals surface area contributed by atoms with Crippen molar-refractivity contribution in [3.05, 3.63) is 0 Å². The topological polar surface area (TPSA) is 91.4 Å². The number of carbonyl (C=O) groups excluding carboxylic acids is 3. The number of hydrogen-bond donors (Lipinski definition) is 1. The van der Waals surface area contributed by atoms with Crippen LogP contribution in [0.5, 0.6) is 0 Å². The summed E-state index contributed by atoms with van der Waals surface area (Å²) in [6.07, 6.45) is 3.21. The van der Waals surface area contributed by atoms with Crippen LogP contribution in [0, 0.1) is 5.92 Å². The van der Waals surface area contributed by atoms with Crippen molar-refractivity contribution < 1.29 is 23.9 Å². The first-order valence-corrected chi connectivity index (χ1v) is 10.6. The molecule has 1 saturated carbocycles. The maximum Gasteiger partial charge on any atom is 0.249 e. The van der Waals surface area contributed by atoms with Crippen LogP contribution in [0.2, 0.25) is 0 Å². The van der Waals surface area contributed by atoms with Gasteiger partial charge in [-0.2, -0.15) is 0 Å². The van der Waals surface area contributed by atoms with E-state index in [1.54, 1.807) is 12.0 Å². The third-order valence-electron chi connectivity index (χ3n) is 5.99. The van der Waals surface area contributed by atoms with Gasteiger partial charge in [0.05, 0.1) is 12.6 Å². The smallest absolute Gasteiger partial charge is 0.249 e. The first kappa shape index (κ1) is 22.0. The Hall–Kier alpha value is -1.71. The second kappa shape index (κ2) is 10.4. The predicted molar refractivity (Wildman–Crippen MR) is 106 cm³/mol. The van der Waals surface area contributed by atoms with Crippen molar-refractivity contribution in [3.8, 4) is 0 Å². The number of nitrogens with zero attached hydrogens (tertiary/aromatic N) is 3. The van der Waals surface area contributed by atoms with Crippen molar-refractivity contribution in [1.82, 2.24) is 20.0 Å². The SMILES string of the molecule is COCCN(C(=O)C1CC1)C1CC(C(=O)N2CCCNCC2)N(C(=O)COC)C1. The van der Waals surface area contributed by atoms with Crippen molar-refractivity contribution in [2.24, 2.45) is 5.92 Å². The number of hydrogen-bond acceptors (Lipinski definition) is 6. The van der Waals surface area contributed by atoms with E-state index in [0.717, 1.165) is 32.4 Å². The molecule has 1 aliphatic carbocycles. The van der Waals surface area contributed by atoms with Crippen LogP contribution in [0.4, 0.5) is 0 Å². The number of nitrogens with one attached hydrogen (secondary N) is 1. The van der Waals surface area contributed by atoms with E-state index in [9.17, 15) is 14.4 Å². The Bertz CT molecular complexity index is 589. The summed E-state index contributed by atoms with van der Waals surface area (Å²) >= 11 is 0. The molecule has 2 unspecified atom stereocenters. The van der Waals surface area contributed by atoms with E-state index in [2.05, 4.69) is 5.32 Å². The van der Waals surface area contributed by atoms with Gasteiger partial charge in [0, 0.05) is 52.9 Å². The second-order valence-corrected chi connectivity index (χ2v) is 8.11. The molecule has 2 heterocycles. The normalized spacial score (nSPS) is 25.0. The highest BCUT2D eigenvalue weighted by Crippen LogP contribution is 2.34. The molecule has 0 aromatic heterocycles. The van der Waals surface area contributed by atoms with Crippen molar-refractivity contribution in [2.75, 3.05) is 66.7 Å². The molecule has 0 aromatic carbocycles. The van der Waals surface area contributed by atoms with Crippen molar-refractivity contribution in [3.63, 3.8) is 0 Å². The average molecular weight is 411 g/mol. The Morgan fingerprint density at radius 1 is 1.10 bits per heavy atom. The molecule has 9 heteroatoms. The summed E-state index contributed by atoms with van der Waals surface area (Å²) in [6.45, 7) is 4.21. The maximum atomic E-state index is 13.3. The molecule has 164 valence electrons. The van der Waals surface area contributed by atoms with Crippen LogP contribution in [-0.4, -0.2) is 111 Å². The third-order valence-corrected chi connectivity index (χ3v) is 5.99. The van der Waals surface area contributed by atoms with E-state index in [-0.39, 0.29) is 36.3 Å². The number of methoxy groups -OCH3 is 2. The van der Waals surface area contributed by atoms with Gasteiger partial charge in [0.1, 0.15) is 12.6 Å². The summed E-state index contributed by atoms with van der Waals surface area (Å²) in [6, 6.07) is -0.712. The lowest BCUT2D eigenvalue weighted by Gasteiger charge is -2.29. The Balaban J connectivity index is 1.76. The van der Waals surface area contributed by atoms with Crippen LogP contribution >= 0.6 is 0 Å². The monoisotopic (exact) mass is 410 g/mol. The van der Waals surface area contributed by atoms with Gasteiger partial charge in [-0.1, -0.05) is 0 Å². The molecule has 0 radical (unpaired) electrons. The minimum absolute atomic E-state index is 0.0220. The first-order chi connectivity index (χ1) is 14.1. The molecule has 1 N–H and O–H groups in total. The van der Waals surface area contributed by atoms with E-state index >= 15 is 0 Å². The van der Waals surface area contributed by atoms with E-state index in [1.807, 2.05) is 9.80 Å². The zero-order valence-electron chi connectivity index (χ0n) is 17.6. The number of likely N-dealkylation sites (tertiary alicyclic amines) is 1. The van der Waals surface area contributed by atoms with Gasteiger partial charge in [-0.25, -0.2) is 0 Å². The van der Waals surface area contributed by atoms with Gasteiger partial charge in [0.2, 0.25) is 17.7 Å². The molecular formula is C20H34N4O5. The largest absolute Gasteiger partial charge is 0.383 e. The molecule has 3 amide bonds. The van der Waals surface area contributed by atoms with Crippen LogP contribution in [0.1, 0.15) is 25.7 Å². The highest BCUT2D eigenvalue weighted by Gasteiger charge is 2.46. The highest BCUT2D eigenvalue weighted by molar-refractivity contribution is 5.89. The van der Waals surface area contributed by atoms with Crippen molar-refractivity contribution in [1.29, 1.82) is 0 Å². The van der Waals surface area contributed by atoms with E-state index in [4.69, 9.17) is 9.47 Å². The fourth-order valence-electron chi connectivity index (χ4n) is 4.26. The molecule has 2 saturated heterocycles. The molecule has 0 aromatic rings. The molecule has 0 spiro atoms. The first-order valence-electron chi connectivity index (χ1n) is 10.6. The standard InChI is InChI=1S/C20H34N4O5/c1-28-11-10-23(19(26)15-4-5-15)16-12-17(24(13-16)18(25)14-29-2)20(27)22-8-3-6-21-7-9-22/h15-17,21H,3-14H2,1-2H3. The Labute approximate surface area is 172 Å². The van der Waals surface area contributed by atoms with Gasteiger partial charge >= 0.3 is 0 Å². The van der Waals surface area contributed by atoms with Gasteiger partial charge in [-0.3, -0.25) is 14.4 Å². The van der Waals surface area contributed by atoms with Crippen LogP contribution in [0.15, 0.2) is 0 Å². The van der Waals surface area contributed by atoms with Crippen molar-refractivity contribution >= 4 is 17.7 Å². The summed E-state index contributed by atoms with van der Waals surface area (Å²) in [5.41, 5.74) is 0. The number of ether oxygens (including phenoxy) is 2. The van der Waals surface area contributed by atoms with Crippen LogP contribution in [-0.2, 0) is 23.9 Å².